The predicted octanol–water partition coefficient (Wildman–Crippen LogP) is 2.70. The number of amides is 1. The van der Waals surface area contributed by atoms with Gasteiger partial charge in [0.1, 0.15) is 0 Å². The maximum atomic E-state index is 12.2. The number of fused-ring (bicyclic) bond motifs is 1. The van der Waals surface area contributed by atoms with Crippen LogP contribution in [-0.4, -0.2) is 15.5 Å². The fraction of sp³-hybridized carbons (Fsp3) is 0.0625. The average molecular weight is 276 g/mol. The highest BCUT2D eigenvalue weighted by Crippen LogP contribution is 2.18. The first-order valence-corrected chi connectivity index (χ1v) is 6.42. The standard InChI is InChI=1S/C16H12N4O/c1-20-14-5-3-2-4-13(14)18-16(20)19-15(21)12-8-6-11(10-17)7-9-12/h2-9H,1H3,(H,18,19,21). The van der Waals surface area contributed by atoms with Gasteiger partial charge in [-0.1, -0.05) is 12.1 Å². The van der Waals surface area contributed by atoms with Gasteiger partial charge in [0, 0.05) is 12.6 Å². The van der Waals surface area contributed by atoms with Gasteiger partial charge in [-0.05, 0) is 36.4 Å². The van der Waals surface area contributed by atoms with Crippen molar-refractivity contribution in [3.63, 3.8) is 0 Å². The summed E-state index contributed by atoms with van der Waals surface area (Å²) >= 11 is 0. The third kappa shape index (κ3) is 2.35. The van der Waals surface area contributed by atoms with Gasteiger partial charge >= 0.3 is 0 Å². The molecule has 0 aliphatic rings. The molecule has 0 aliphatic heterocycles. The second-order valence-corrected chi connectivity index (χ2v) is 4.63. The van der Waals surface area contributed by atoms with Crippen LogP contribution in [0.15, 0.2) is 48.5 Å². The Balaban J connectivity index is 1.89. The van der Waals surface area contributed by atoms with Crippen LogP contribution in [0.4, 0.5) is 5.95 Å². The normalized spacial score (nSPS) is 10.3. The van der Waals surface area contributed by atoms with Crippen molar-refractivity contribution in [2.24, 2.45) is 7.05 Å². The van der Waals surface area contributed by atoms with Crippen molar-refractivity contribution in [1.82, 2.24) is 9.55 Å². The van der Waals surface area contributed by atoms with Gasteiger partial charge in [-0.3, -0.25) is 10.1 Å². The van der Waals surface area contributed by atoms with Crippen molar-refractivity contribution in [2.75, 3.05) is 5.32 Å². The Bertz CT molecular complexity index is 856. The monoisotopic (exact) mass is 276 g/mol. The molecule has 1 amide bonds. The molecule has 3 rings (SSSR count). The number of carbonyl (C=O) groups excluding carboxylic acids is 1. The van der Waals surface area contributed by atoms with Crippen molar-refractivity contribution in [3.05, 3.63) is 59.7 Å². The zero-order valence-corrected chi connectivity index (χ0v) is 11.4. The molecule has 0 unspecified atom stereocenters. The van der Waals surface area contributed by atoms with Crippen LogP contribution in [0.5, 0.6) is 0 Å². The van der Waals surface area contributed by atoms with Gasteiger partial charge in [0.25, 0.3) is 5.91 Å². The number of carbonyl (C=O) groups is 1. The summed E-state index contributed by atoms with van der Waals surface area (Å²) in [4.78, 5) is 16.6. The molecule has 0 spiro atoms. The fourth-order valence-corrected chi connectivity index (χ4v) is 2.13. The molecule has 0 fully saturated rings. The topological polar surface area (TPSA) is 70.7 Å². The molecule has 21 heavy (non-hydrogen) atoms. The van der Waals surface area contributed by atoms with Crippen molar-refractivity contribution < 1.29 is 4.79 Å². The van der Waals surface area contributed by atoms with E-state index in [1.165, 1.54) is 0 Å². The second-order valence-electron chi connectivity index (χ2n) is 4.63. The van der Waals surface area contributed by atoms with Crippen LogP contribution in [0.25, 0.3) is 11.0 Å². The molecule has 0 aliphatic carbocycles. The Kier molecular flexibility index (Phi) is 3.13. The first-order valence-electron chi connectivity index (χ1n) is 6.42. The summed E-state index contributed by atoms with van der Waals surface area (Å²) in [5.74, 6) is 0.239. The van der Waals surface area contributed by atoms with Gasteiger partial charge in [-0.2, -0.15) is 5.26 Å². The van der Waals surface area contributed by atoms with Crippen LogP contribution in [0, 0.1) is 11.3 Å². The molecule has 0 bridgehead atoms. The lowest BCUT2D eigenvalue weighted by Gasteiger charge is -2.05. The van der Waals surface area contributed by atoms with Gasteiger partial charge in [-0.15, -0.1) is 0 Å². The molecule has 1 aromatic heterocycles. The molecule has 0 saturated carbocycles. The first-order chi connectivity index (χ1) is 10.2. The Labute approximate surface area is 121 Å². The van der Waals surface area contributed by atoms with Crippen molar-refractivity contribution in [3.8, 4) is 6.07 Å². The molecule has 0 atom stereocenters. The SMILES string of the molecule is Cn1c(NC(=O)c2ccc(C#N)cc2)nc2ccccc21. The molecule has 1 N–H and O–H groups in total. The van der Waals surface area contributed by atoms with Gasteiger partial charge < -0.3 is 4.57 Å². The van der Waals surface area contributed by atoms with E-state index in [4.69, 9.17) is 5.26 Å². The minimum atomic E-state index is -0.252. The number of nitrogens with one attached hydrogen (secondary N) is 1. The highest BCUT2D eigenvalue weighted by molar-refractivity contribution is 6.04. The summed E-state index contributed by atoms with van der Waals surface area (Å²) < 4.78 is 1.83. The van der Waals surface area contributed by atoms with Crippen molar-refractivity contribution in [1.29, 1.82) is 5.26 Å². The van der Waals surface area contributed by atoms with Crippen LogP contribution < -0.4 is 5.32 Å². The van der Waals surface area contributed by atoms with Gasteiger partial charge in [0.15, 0.2) is 0 Å². The largest absolute Gasteiger partial charge is 0.313 e. The second kappa shape index (κ2) is 5.10. The molecule has 1 heterocycles. The maximum absolute atomic E-state index is 12.2. The number of aryl methyl sites for hydroxylation is 1. The van der Waals surface area contributed by atoms with E-state index in [2.05, 4.69) is 10.3 Å². The van der Waals surface area contributed by atoms with Gasteiger partial charge in [0.2, 0.25) is 5.95 Å². The van der Waals surface area contributed by atoms with E-state index in [0.29, 0.717) is 17.1 Å². The van der Waals surface area contributed by atoms with E-state index >= 15 is 0 Å². The van der Waals surface area contributed by atoms with E-state index in [-0.39, 0.29) is 5.91 Å². The smallest absolute Gasteiger partial charge is 0.257 e. The zero-order valence-electron chi connectivity index (χ0n) is 11.4. The molecule has 5 nitrogen and oxygen atoms in total. The number of anilines is 1. The number of aromatic nitrogens is 2. The maximum Gasteiger partial charge on any atom is 0.257 e. The quantitative estimate of drug-likeness (QED) is 0.782. The summed E-state index contributed by atoms with van der Waals surface area (Å²) in [6.45, 7) is 0. The molecular formula is C16H12N4O. The number of benzene rings is 2. The Morgan fingerprint density at radius 1 is 1.19 bits per heavy atom. The van der Waals surface area contributed by atoms with E-state index in [9.17, 15) is 4.79 Å². The number of para-hydroxylation sites is 2. The number of rotatable bonds is 2. The van der Waals surface area contributed by atoms with E-state index in [0.717, 1.165) is 11.0 Å². The van der Waals surface area contributed by atoms with Crippen LogP contribution in [0.2, 0.25) is 0 Å². The summed E-state index contributed by atoms with van der Waals surface area (Å²) in [6, 6.07) is 16.2. The highest BCUT2D eigenvalue weighted by Gasteiger charge is 2.11. The summed E-state index contributed by atoms with van der Waals surface area (Å²) in [5.41, 5.74) is 2.79. The molecular weight excluding hydrogens is 264 g/mol. The highest BCUT2D eigenvalue weighted by atomic mass is 16.1. The fourth-order valence-electron chi connectivity index (χ4n) is 2.13. The molecule has 3 aromatic rings. The molecule has 5 heteroatoms. The summed E-state index contributed by atoms with van der Waals surface area (Å²) in [7, 11) is 1.85. The third-order valence-corrected chi connectivity index (χ3v) is 3.29. The minimum Gasteiger partial charge on any atom is -0.313 e. The predicted molar refractivity (Wildman–Crippen MR) is 79.8 cm³/mol. The summed E-state index contributed by atoms with van der Waals surface area (Å²) in [6.07, 6.45) is 0. The van der Waals surface area contributed by atoms with Crippen molar-refractivity contribution >= 4 is 22.9 Å². The first kappa shape index (κ1) is 12.9. The minimum absolute atomic E-state index is 0.252. The zero-order chi connectivity index (χ0) is 14.8. The number of nitrogens with zero attached hydrogens (tertiary/aromatic N) is 3. The van der Waals surface area contributed by atoms with Crippen LogP contribution in [-0.2, 0) is 7.05 Å². The lowest BCUT2D eigenvalue weighted by Crippen LogP contribution is -2.14. The Hall–Kier alpha value is -3.13. The summed E-state index contributed by atoms with van der Waals surface area (Å²) in [5, 5.41) is 11.5. The molecule has 102 valence electrons. The van der Waals surface area contributed by atoms with Crippen LogP contribution in [0.1, 0.15) is 15.9 Å². The molecule has 0 saturated heterocycles. The molecule has 0 radical (unpaired) electrons. The van der Waals surface area contributed by atoms with E-state index in [1.54, 1.807) is 24.3 Å². The third-order valence-electron chi connectivity index (χ3n) is 3.29. The lowest BCUT2D eigenvalue weighted by atomic mass is 10.1. The number of imidazole rings is 1. The number of nitriles is 1. The van der Waals surface area contributed by atoms with Gasteiger partial charge in [0.05, 0.1) is 22.7 Å². The lowest BCUT2D eigenvalue weighted by molar-refractivity contribution is 0.102. The average Bonchev–Trinajstić information content (AvgIpc) is 2.84. The number of hydrogen-bond acceptors (Lipinski definition) is 3. The van der Waals surface area contributed by atoms with E-state index in [1.807, 2.05) is 41.9 Å². The Morgan fingerprint density at radius 2 is 1.90 bits per heavy atom. The molecule has 2 aromatic carbocycles. The van der Waals surface area contributed by atoms with Gasteiger partial charge in [-0.25, -0.2) is 4.98 Å². The Morgan fingerprint density at radius 3 is 2.57 bits per heavy atom. The van der Waals surface area contributed by atoms with Crippen molar-refractivity contribution in [2.45, 2.75) is 0 Å². The van der Waals surface area contributed by atoms with E-state index < -0.39 is 0 Å². The van der Waals surface area contributed by atoms with Crippen LogP contribution in [0.3, 0.4) is 0 Å². The van der Waals surface area contributed by atoms with Crippen LogP contribution >= 0.6 is 0 Å². The number of hydrogen-bond donors (Lipinski definition) is 1.